The highest BCUT2D eigenvalue weighted by molar-refractivity contribution is 5.28. The smallest absolute Gasteiger partial charge is 0.119 e. The predicted molar refractivity (Wildman–Crippen MR) is 82.1 cm³/mol. The summed E-state index contributed by atoms with van der Waals surface area (Å²) in [5.41, 5.74) is 1.29. The molecule has 21 heavy (non-hydrogen) atoms. The molecule has 0 heterocycles. The summed E-state index contributed by atoms with van der Waals surface area (Å²) in [7, 11) is 1.72. The molecule has 2 N–H and O–H groups in total. The van der Waals surface area contributed by atoms with Gasteiger partial charge in [-0.25, -0.2) is 0 Å². The van der Waals surface area contributed by atoms with E-state index in [0.29, 0.717) is 6.04 Å². The van der Waals surface area contributed by atoms with Gasteiger partial charge in [-0.05, 0) is 67.1 Å². The quantitative estimate of drug-likeness (QED) is 0.894. The van der Waals surface area contributed by atoms with Crippen LogP contribution in [0.1, 0.15) is 31.2 Å². The van der Waals surface area contributed by atoms with E-state index in [1.807, 2.05) is 6.07 Å². The first-order chi connectivity index (χ1) is 10.2. The second-order valence-electron chi connectivity index (χ2n) is 7.19. The third kappa shape index (κ3) is 2.36. The lowest BCUT2D eigenvalue weighted by atomic mass is 9.79. The van der Waals surface area contributed by atoms with Crippen molar-refractivity contribution in [2.75, 3.05) is 7.11 Å². The number of aliphatic hydroxyl groups is 1. The van der Waals surface area contributed by atoms with Crippen molar-refractivity contribution in [2.45, 2.75) is 44.4 Å². The minimum atomic E-state index is -0.0255. The Morgan fingerprint density at radius 3 is 2.86 bits per heavy atom. The number of fused-ring (bicyclic) bond motifs is 5. The van der Waals surface area contributed by atoms with E-state index in [9.17, 15) is 5.11 Å². The summed E-state index contributed by atoms with van der Waals surface area (Å²) in [6.45, 7) is 0.922. The summed E-state index contributed by atoms with van der Waals surface area (Å²) >= 11 is 0. The molecule has 3 fully saturated rings. The third-order valence-corrected chi connectivity index (χ3v) is 6.14. The van der Waals surface area contributed by atoms with Crippen LogP contribution in [0.3, 0.4) is 0 Å². The Morgan fingerprint density at radius 1 is 1.14 bits per heavy atom. The van der Waals surface area contributed by atoms with Crippen molar-refractivity contribution >= 4 is 0 Å². The number of benzene rings is 1. The largest absolute Gasteiger partial charge is 0.497 e. The van der Waals surface area contributed by atoms with E-state index in [0.717, 1.165) is 48.8 Å². The standard InChI is InChI=1S/C18H25NO2/c1-21-14-4-2-3-11(5-14)10-19-18-7-12-6-17(18)16-9-13(20)8-15(12)16/h2-5,12-13,15-20H,6-10H2,1H3/t12?,13?,15-,16-,17?,18-/m1/s1. The van der Waals surface area contributed by atoms with Gasteiger partial charge in [0.2, 0.25) is 0 Å². The van der Waals surface area contributed by atoms with Gasteiger partial charge in [-0.2, -0.15) is 0 Å². The molecular weight excluding hydrogens is 262 g/mol. The van der Waals surface area contributed by atoms with Crippen molar-refractivity contribution in [3.8, 4) is 5.75 Å². The predicted octanol–water partition coefficient (Wildman–Crippen LogP) is 2.58. The lowest BCUT2D eigenvalue weighted by Gasteiger charge is -2.32. The van der Waals surface area contributed by atoms with Crippen LogP contribution >= 0.6 is 0 Å². The topological polar surface area (TPSA) is 41.5 Å². The summed E-state index contributed by atoms with van der Waals surface area (Å²) in [5, 5.41) is 13.7. The molecule has 0 radical (unpaired) electrons. The number of hydrogen-bond donors (Lipinski definition) is 2. The first kappa shape index (κ1) is 13.6. The number of nitrogens with one attached hydrogen (secondary N) is 1. The van der Waals surface area contributed by atoms with Crippen molar-refractivity contribution in [1.82, 2.24) is 5.32 Å². The molecule has 2 bridgehead atoms. The van der Waals surface area contributed by atoms with Crippen molar-refractivity contribution < 1.29 is 9.84 Å². The van der Waals surface area contributed by atoms with Crippen LogP contribution in [0.25, 0.3) is 0 Å². The van der Waals surface area contributed by atoms with Crippen molar-refractivity contribution in [1.29, 1.82) is 0 Å². The maximum absolute atomic E-state index is 9.92. The van der Waals surface area contributed by atoms with E-state index in [1.54, 1.807) is 7.11 Å². The van der Waals surface area contributed by atoms with Gasteiger partial charge in [0.25, 0.3) is 0 Å². The van der Waals surface area contributed by atoms with Crippen molar-refractivity contribution in [3.05, 3.63) is 29.8 Å². The number of methoxy groups -OCH3 is 1. The van der Waals surface area contributed by atoms with Crippen LogP contribution in [0.15, 0.2) is 24.3 Å². The van der Waals surface area contributed by atoms with Gasteiger partial charge in [-0.3, -0.25) is 0 Å². The Hall–Kier alpha value is -1.06. The van der Waals surface area contributed by atoms with Gasteiger partial charge in [0.1, 0.15) is 5.75 Å². The normalized spacial score (nSPS) is 40.5. The maximum atomic E-state index is 9.92. The second-order valence-corrected chi connectivity index (χ2v) is 7.19. The molecular formula is C18H25NO2. The first-order valence-electron chi connectivity index (χ1n) is 8.29. The van der Waals surface area contributed by atoms with Crippen LogP contribution in [0.4, 0.5) is 0 Å². The Morgan fingerprint density at radius 2 is 2.00 bits per heavy atom. The van der Waals surface area contributed by atoms with Gasteiger partial charge >= 0.3 is 0 Å². The van der Waals surface area contributed by atoms with Crippen LogP contribution in [0.2, 0.25) is 0 Å². The Bertz CT molecular complexity index is 518. The van der Waals surface area contributed by atoms with Crippen LogP contribution in [-0.4, -0.2) is 24.4 Å². The molecule has 6 atom stereocenters. The summed E-state index contributed by atoms with van der Waals surface area (Å²) in [6, 6.07) is 8.96. The Balaban J connectivity index is 1.38. The molecule has 4 rings (SSSR count). The van der Waals surface area contributed by atoms with Crippen molar-refractivity contribution in [3.63, 3.8) is 0 Å². The van der Waals surface area contributed by atoms with E-state index in [-0.39, 0.29) is 6.10 Å². The van der Waals surface area contributed by atoms with Gasteiger partial charge in [-0.15, -0.1) is 0 Å². The van der Waals surface area contributed by atoms with Crippen LogP contribution in [0.5, 0.6) is 5.75 Å². The van der Waals surface area contributed by atoms with Crippen molar-refractivity contribution in [2.24, 2.45) is 23.7 Å². The molecule has 3 heteroatoms. The highest BCUT2D eigenvalue weighted by atomic mass is 16.5. The van der Waals surface area contributed by atoms with Crippen LogP contribution in [0, 0.1) is 23.7 Å². The average Bonchev–Trinajstić information content (AvgIpc) is 3.15. The minimum absolute atomic E-state index is 0.0255. The molecule has 3 nitrogen and oxygen atoms in total. The molecule has 0 saturated heterocycles. The van der Waals surface area contributed by atoms with E-state index >= 15 is 0 Å². The highest BCUT2D eigenvalue weighted by Gasteiger charge is 2.55. The maximum Gasteiger partial charge on any atom is 0.119 e. The van der Waals surface area contributed by atoms with Crippen LogP contribution in [-0.2, 0) is 6.54 Å². The van der Waals surface area contributed by atoms with Gasteiger partial charge in [0.05, 0.1) is 13.2 Å². The SMILES string of the molecule is COc1cccc(CN[C@@H]2CC3CC2[C@@H]2CC(O)C[C@H]32)c1. The van der Waals surface area contributed by atoms with Crippen LogP contribution < -0.4 is 10.1 Å². The second kappa shape index (κ2) is 5.29. The zero-order valence-electron chi connectivity index (χ0n) is 12.7. The number of hydrogen-bond acceptors (Lipinski definition) is 3. The average molecular weight is 287 g/mol. The van der Waals surface area contributed by atoms with Gasteiger partial charge in [0.15, 0.2) is 0 Å². The molecule has 3 saturated carbocycles. The number of ether oxygens (including phenoxy) is 1. The molecule has 3 unspecified atom stereocenters. The molecule has 1 aromatic carbocycles. The summed E-state index contributed by atoms with van der Waals surface area (Å²) in [5.74, 6) is 4.19. The first-order valence-corrected chi connectivity index (χ1v) is 8.29. The molecule has 0 amide bonds. The minimum Gasteiger partial charge on any atom is -0.497 e. The summed E-state index contributed by atoms with van der Waals surface area (Å²) < 4.78 is 5.29. The van der Waals surface area contributed by atoms with E-state index in [2.05, 4.69) is 23.5 Å². The molecule has 114 valence electrons. The van der Waals surface area contributed by atoms with Gasteiger partial charge in [0, 0.05) is 12.6 Å². The lowest BCUT2D eigenvalue weighted by molar-refractivity contribution is 0.166. The number of rotatable bonds is 4. The molecule has 0 aliphatic heterocycles. The summed E-state index contributed by atoms with van der Waals surface area (Å²) in [4.78, 5) is 0. The molecule has 3 aliphatic rings. The monoisotopic (exact) mass is 287 g/mol. The third-order valence-electron chi connectivity index (χ3n) is 6.14. The zero-order valence-corrected chi connectivity index (χ0v) is 12.7. The summed E-state index contributed by atoms with van der Waals surface area (Å²) in [6.07, 6.45) is 4.78. The Kier molecular flexibility index (Phi) is 3.43. The molecule has 3 aliphatic carbocycles. The number of aliphatic hydroxyl groups excluding tert-OH is 1. The van der Waals surface area contributed by atoms with E-state index in [4.69, 9.17) is 4.74 Å². The molecule has 0 aromatic heterocycles. The fourth-order valence-corrected chi connectivity index (χ4v) is 5.31. The lowest BCUT2D eigenvalue weighted by Crippen LogP contribution is -2.38. The molecule has 1 aromatic rings. The van der Waals surface area contributed by atoms with Gasteiger partial charge in [-0.1, -0.05) is 12.1 Å². The fraction of sp³-hybridized carbons (Fsp3) is 0.667. The van der Waals surface area contributed by atoms with E-state index in [1.165, 1.54) is 18.4 Å². The van der Waals surface area contributed by atoms with E-state index < -0.39 is 0 Å². The zero-order chi connectivity index (χ0) is 14.4. The fourth-order valence-electron chi connectivity index (χ4n) is 5.31. The van der Waals surface area contributed by atoms with Gasteiger partial charge < -0.3 is 15.2 Å². The Labute approximate surface area is 126 Å². The molecule has 0 spiro atoms. The highest BCUT2D eigenvalue weighted by Crippen LogP contribution is 2.58.